The highest BCUT2D eigenvalue weighted by Crippen LogP contribution is 2.22. The number of piperidine rings is 1. The van der Waals surface area contributed by atoms with Crippen LogP contribution in [0.2, 0.25) is 0 Å². The van der Waals surface area contributed by atoms with Gasteiger partial charge in [-0.05, 0) is 35.8 Å². The lowest BCUT2D eigenvalue weighted by atomic mass is 9.94. The van der Waals surface area contributed by atoms with Crippen LogP contribution >= 0.6 is 0 Å². The largest absolute Gasteiger partial charge is 0.392 e. The van der Waals surface area contributed by atoms with E-state index < -0.39 is 10.2 Å². The molecule has 2 unspecified atom stereocenters. The number of nitrogens with one attached hydrogen (secondary N) is 1. The molecule has 0 radical (unpaired) electrons. The van der Waals surface area contributed by atoms with E-state index in [1.807, 2.05) is 24.3 Å². The van der Waals surface area contributed by atoms with Crippen molar-refractivity contribution in [1.82, 2.24) is 9.03 Å². The van der Waals surface area contributed by atoms with Crippen molar-refractivity contribution < 1.29 is 13.5 Å². The minimum absolute atomic E-state index is 0.0260. The van der Waals surface area contributed by atoms with Crippen LogP contribution in [0.5, 0.6) is 0 Å². The first-order valence-electron chi connectivity index (χ1n) is 7.84. The zero-order valence-electron chi connectivity index (χ0n) is 13.3. The van der Waals surface area contributed by atoms with Crippen molar-refractivity contribution >= 4 is 10.2 Å². The molecule has 6 heteroatoms. The van der Waals surface area contributed by atoms with Crippen molar-refractivity contribution in [3.8, 4) is 0 Å². The van der Waals surface area contributed by atoms with E-state index in [1.54, 1.807) is 4.31 Å². The van der Waals surface area contributed by atoms with Crippen LogP contribution in [0.15, 0.2) is 24.3 Å². The molecular weight excluding hydrogens is 300 g/mol. The molecule has 0 aromatic heterocycles. The van der Waals surface area contributed by atoms with Crippen molar-refractivity contribution in [3.05, 3.63) is 35.4 Å². The first-order valence-corrected chi connectivity index (χ1v) is 9.28. The van der Waals surface area contributed by atoms with Crippen molar-refractivity contribution in [2.45, 2.75) is 33.3 Å². The van der Waals surface area contributed by atoms with Crippen LogP contribution in [0.1, 0.15) is 31.4 Å². The zero-order chi connectivity index (χ0) is 16.2. The van der Waals surface area contributed by atoms with E-state index in [1.165, 1.54) is 0 Å². The third kappa shape index (κ3) is 4.78. The molecule has 1 aromatic carbocycles. The Labute approximate surface area is 133 Å². The highest BCUT2D eigenvalue weighted by atomic mass is 32.2. The minimum Gasteiger partial charge on any atom is -0.392 e. The van der Waals surface area contributed by atoms with Gasteiger partial charge in [0.15, 0.2) is 0 Å². The lowest BCUT2D eigenvalue weighted by Gasteiger charge is -2.33. The van der Waals surface area contributed by atoms with Crippen LogP contribution in [0.3, 0.4) is 0 Å². The van der Waals surface area contributed by atoms with E-state index in [0.29, 0.717) is 37.9 Å². The fourth-order valence-electron chi connectivity index (χ4n) is 3.03. The van der Waals surface area contributed by atoms with Gasteiger partial charge in [0.2, 0.25) is 0 Å². The molecule has 0 spiro atoms. The SMILES string of the molecule is CC1CC(C)CN(S(=O)(=O)NCCc2ccc(CO)cc2)C1. The first kappa shape index (κ1) is 17.4. The van der Waals surface area contributed by atoms with Gasteiger partial charge in [0, 0.05) is 19.6 Å². The second-order valence-corrected chi connectivity index (χ2v) is 8.14. The summed E-state index contributed by atoms with van der Waals surface area (Å²) in [5.74, 6) is 0.817. The molecule has 124 valence electrons. The molecule has 1 heterocycles. The predicted molar refractivity (Wildman–Crippen MR) is 87.5 cm³/mol. The smallest absolute Gasteiger partial charge is 0.279 e. The maximum absolute atomic E-state index is 12.3. The van der Waals surface area contributed by atoms with Crippen molar-refractivity contribution in [2.75, 3.05) is 19.6 Å². The maximum Gasteiger partial charge on any atom is 0.279 e. The van der Waals surface area contributed by atoms with Gasteiger partial charge in [0.1, 0.15) is 0 Å². The molecule has 0 amide bonds. The third-order valence-corrected chi connectivity index (χ3v) is 5.63. The fourth-order valence-corrected chi connectivity index (χ4v) is 4.47. The Kier molecular flexibility index (Phi) is 5.97. The van der Waals surface area contributed by atoms with Gasteiger partial charge in [-0.1, -0.05) is 38.1 Å². The Balaban J connectivity index is 1.86. The average molecular weight is 326 g/mol. The number of benzene rings is 1. The molecule has 0 bridgehead atoms. The van der Waals surface area contributed by atoms with Crippen molar-refractivity contribution in [2.24, 2.45) is 11.8 Å². The van der Waals surface area contributed by atoms with Crippen LogP contribution in [0, 0.1) is 11.8 Å². The number of aliphatic hydroxyl groups is 1. The summed E-state index contributed by atoms with van der Waals surface area (Å²) in [5.41, 5.74) is 1.92. The highest BCUT2D eigenvalue weighted by molar-refractivity contribution is 7.87. The van der Waals surface area contributed by atoms with Crippen LogP contribution < -0.4 is 4.72 Å². The summed E-state index contributed by atoms with van der Waals surface area (Å²) in [6.45, 7) is 5.82. The third-order valence-electron chi connectivity index (χ3n) is 4.08. The highest BCUT2D eigenvalue weighted by Gasteiger charge is 2.29. The molecule has 22 heavy (non-hydrogen) atoms. The molecule has 1 aliphatic heterocycles. The van der Waals surface area contributed by atoms with E-state index in [-0.39, 0.29) is 6.61 Å². The molecule has 1 saturated heterocycles. The molecule has 1 aromatic rings. The summed E-state index contributed by atoms with van der Waals surface area (Å²) in [7, 11) is -3.39. The summed E-state index contributed by atoms with van der Waals surface area (Å²) in [5, 5.41) is 9.00. The molecule has 2 atom stereocenters. The van der Waals surface area contributed by atoms with E-state index in [2.05, 4.69) is 18.6 Å². The summed E-state index contributed by atoms with van der Waals surface area (Å²) in [6, 6.07) is 7.56. The van der Waals surface area contributed by atoms with Gasteiger partial charge < -0.3 is 5.11 Å². The molecule has 1 aliphatic rings. The minimum atomic E-state index is -3.39. The van der Waals surface area contributed by atoms with Crippen LogP contribution in [0.4, 0.5) is 0 Å². The quantitative estimate of drug-likeness (QED) is 0.833. The number of aliphatic hydroxyl groups excluding tert-OH is 1. The lowest BCUT2D eigenvalue weighted by molar-refractivity contribution is 0.220. The van der Waals surface area contributed by atoms with Crippen molar-refractivity contribution in [1.29, 1.82) is 0 Å². The molecule has 1 fully saturated rings. The second-order valence-electron chi connectivity index (χ2n) is 6.39. The summed E-state index contributed by atoms with van der Waals surface area (Å²) in [6.07, 6.45) is 1.73. The number of hydrogen-bond donors (Lipinski definition) is 2. The first-order chi connectivity index (χ1) is 10.4. The van der Waals surface area contributed by atoms with Gasteiger partial charge >= 0.3 is 0 Å². The van der Waals surface area contributed by atoms with E-state index >= 15 is 0 Å². The van der Waals surface area contributed by atoms with Crippen LogP contribution in [0.25, 0.3) is 0 Å². The van der Waals surface area contributed by atoms with Gasteiger partial charge in [-0.3, -0.25) is 0 Å². The Morgan fingerprint density at radius 1 is 1.14 bits per heavy atom. The lowest BCUT2D eigenvalue weighted by Crippen LogP contribution is -2.48. The molecule has 2 rings (SSSR count). The molecule has 2 N–H and O–H groups in total. The Hall–Kier alpha value is -0.950. The fraction of sp³-hybridized carbons (Fsp3) is 0.625. The zero-order valence-corrected chi connectivity index (χ0v) is 14.1. The Morgan fingerprint density at radius 3 is 2.23 bits per heavy atom. The van der Waals surface area contributed by atoms with Gasteiger partial charge in [-0.25, -0.2) is 4.72 Å². The van der Waals surface area contributed by atoms with Gasteiger partial charge in [0.25, 0.3) is 10.2 Å². The van der Waals surface area contributed by atoms with Crippen LogP contribution in [-0.2, 0) is 23.2 Å². The summed E-state index contributed by atoms with van der Waals surface area (Å²) >= 11 is 0. The van der Waals surface area contributed by atoms with Gasteiger partial charge in [0.05, 0.1) is 6.61 Å². The Bertz CT molecular complexity index is 562. The summed E-state index contributed by atoms with van der Waals surface area (Å²) in [4.78, 5) is 0. The molecule has 5 nitrogen and oxygen atoms in total. The topological polar surface area (TPSA) is 69.6 Å². The number of nitrogens with zero attached hydrogens (tertiary/aromatic N) is 1. The van der Waals surface area contributed by atoms with E-state index in [4.69, 9.17) is 5.11 Å². The average Bonchev–Trinajstić information content (AvgIpc) is 2.47. The predicted octanol–water partition coefficient (Wildman–Crippen LogP) is 1.53. The second kappa shape index (κ2) is 7.55. The standard InChI is InChI=1S/C16H26N2O3S/c1-13-9-14(2)11-18(10-13)22(20,21)17-8-7-15-3-5-16(12-19)6-4-15/h3-6,13-14,17,19H,7-12H2,1-2H3. The molecule has 0 saturated carbocycles. The normalized spacial score (nSPS) is 23.6. The molecule has 0 aliphatic carbocycles. The monoisotopic (exact) mass is 326 g/mol. The van der Waals surface area contributed by atoms with Crippen molar-refractivity contribution in [3.63, 3.8) is 0 Å². The summed E-state index contributed by atoms with van der Waals surface area (Å²) < 4.78 is 29.0. The maximum atomic E-state index is 12.3. The van der Waals surface area contributed by atoms with E-state index in [0.717, 1.165) is 17.5 Å². The van der Waals surface area contributed by atoms with Gasteiger partial charge in [-0.15, -0.1) is 0 Å². The number of rotatable bonds is 6. The van der Waals surface area contributed by atoms with E-state index in [9.17, 15) is 8.42 Å². The molecular formula is C16H26N2O3S. The Morgan fingerprint density at radius 2 is 1.68 bits per heavy atom. The van der Waals surface area contributed by atoms with Gasteiger partial charge in [-0.2, -0.15) is 12.7 Å². The number of hydrogen-bond acceptors (Lipinski definition) is 3. The van der Waals surface area contributed by atoms with Crippen LogP contribution in [-0.4, -0.2) is 37.5 Å².